The average molecular weight is 415 g/mol. The van der Waals surface area contributed by atoms with E-state index in [1.807, 2.05) is 78.9 Å². The standard InChI is InChI=1S/C24H22N4OS/c29-22(16-28-18-25-24(27-28)30-17-19-10-4-1-5-11-19)26-23(20-12-6-2-7-13-20)21-14-8-3-9-15-21/h1-15,18,23H,16-17H2,(H,26,29). The molecular weight excluding hydrogens is 392 g/mol. The molecule has 5 nitrogen and oxygen atoms in total. The van der Waals surface area contributed by atoms with Gasteiger partial charge in [-0.15, -0.1) is 5.10 Å². The molecule has 30 heavy (non-hydrogen) atoms. The highest BCUT2D eigenvalue weighted by molar-refractivity contribution is 7.98. The number of nitrogens with zero attached hydrogens (tertiary/aromatic N) is 3. The molecule has 0 spiro atoms. The van der Waals surface area contributed by atoms with Crippen LogP contribution in [0.5, 0.6) is 0 Å². The first-order valence-corrected chi connectivity index (χ1v) is 10.7. The minimum Gasteiger partial charge on any atom is -0.344 e. The Morgan fingerprint density at radius 1 is 0.867 bits per heavy atom. The zero-order chi connectivity index (χ0) is 20.6. The molecule has 1 aromatic heterocycles. The van der Waals surface area contributed by atoms with Crippen molar-refractivity contribution in [3.8, 4) is 0 Å². The van der Waals surface area contributed by atoms with Crippen LogP contribution in [0.4, 0.5) is 0 Å². The van der Waals surface area contributed by atoms with Gasteiger partial charge >= 0.3 is 0 Å². The van der Waals surface area contributed by atoms with Crippen LogP contribution < -0.4 is 5.32 Å². The van der Waals surface area contributed by atoms with Gasteiger partial charge in [-0.2, -0.15) is 0 Å². The first-order valence-electron chi connectivity index (χ1n) is 9.73. The van der Waals surface area contributed by atoms with Crippen LogP contribution in [0.15, 0.2) is 102 Å². The number of aromatic nitrogens is 3. The molecule has 4 aromatic rings. The van der Waals surface area contributed by atoms with E-state index in [4.69, 9.17) is 0 Å². The average Bonchev–Trinajstić information content (AvgIpc) is 3.25. The molecule has 0 saturated carbocycles. The Bertz CT molecular complexity index is 1030. The van der Waals surface area contributed by atoms with Crippen molar-refractivity contribution in [2.45, 2.75) is 23.5 Å². The SMILES string of the molecule is O=C(Cn1cnc(SCc2ccccc2)n1)NC(c1ccccc1)c1ccccc1. The highest BCUT2D eigenvalue weighted by Gasteiger charge is 2.17. The number of hydrogen-bond acceptors (Lipinski definition) is 4. The summed E-state index contributed by atoms with van der Waals surface area (Å²) in [6.07, 6.45) is 1.60. The van der Waals surface area contributed by atoms with E-state index in [1.165, 1.54) is 5.56 Å². The van der Waals surface area contributed by atoms with E-state index < -0.39 is 0 Å². The minimum absolute atomic E-state index is 0.114. The molecule has 6 heteroatoms. The van der Waals surface area contributed by atoms with Crippen LogP contribution in [0.1, 0.15) is 22.7 Å². The van der Waals surface area contributed by atoms with Gasteiger partial charge in [0, 0.05) is 5.75 Å². The maximum atomic E-state index is 12.8. The lowest BCUT2D eigenvalue weighted by Gasteiger charge is -2.19. The zero-order valence-corrected chi connectivity index (χ0v) is 17.2. The third-order valence-electron chi connectivity index (χ3n) is 4.60. The van der Waals surface area contributed by atoms with Crippen LogP contribution in [0.2, 0.25) is 0 Å². The molecule has 0 fully saturated rings. The summed E-state index contributed by atoms with van der Waals surface area (Å²) in [6, 6.07) is 29.9. The maximum absolute atomic E-state index is 12.8. The summed E-state index contributed by atoms with van der Waals surface area (Å²) in [5.74, 6) is 0.679. The first kappa shape index (κ1) is 19.9. The number of nitrogens with one attached hydrogen (secondary N) is 1. The van der Waals surface area contributed by atoms with Crippen LogP contribution in [0, 0.1) is 0 Å². The number of hydrogen-bond donors (Lipinski definition) is 1. The molecule has 0 aliphatic heterocycles. The highest BCUT2D eigenvalue weighted by atomic mass is 32.2. The van der Waals surface area contributed by atoms with Crippen LogP contribution in [0.3, 0.4) is 0 Å². The fourth-order valence-electron chi connectivity index (χ4n) is 3.15. The normalized spacial score (nSPS) is 10.8. The molecule has 0 radical (unpaired) electrons. The molecule has 0 aliphatic rings. The van der Waals surface area contributed by atoms with Gasteiger partial charge in [0.25, 0.3) is 0 Å². The van der Waals surface area contributed by atoms with Gasteiger partial charge in [0.15, 0.2) is 0 Å². The van der Waals surface area contributed by atoms with Crippen molar-refractivity contribution in [1.82, 2.24) is 20.1 Å². The van der Waals surface area contributed by atoms with Gasteiger partial charge in [-0.3, -0.25) is 4.79 Å². The Hall–Kier alpha value is -3.38. The lowest BCUT2D eigenvalue weighted by Crippen LogP contribution is -2.32. The van der Waals surface area contributed by atoms with E-state index in [0.717, 1.165) is 16.9 Å². The summed E-state index contributed by atoms with van der Waals surface area (Å²) in [6.45, 7) is 0.120. The molecule has 0 aliphatic carbocycles. The van der Waals surface area contributed by atoms with Gasteiger partial charge in [-0.05, 0) is 16.7 Å². The molecule has 150 valence electrons. The lowest BCUT2D eigenvalue weighted by atomic mass is 9.99. The van der Waals surface area contributed by atoms with Crippen molar-refractivity contribution >= 4 is 17.7 Å². The second-order valence-electron chi connectivity index (χ2n) is 6.82. The largest absolute Gasteiger partial charge is 0.344 e. The highest BCUT2D eigenvalue weighted by Crippen LogP contribution is 2.22. The zero-order valence-electron chi connectivity index (χ0n) is 16.4. The topological polar surface area (TPSA) is 59.8 Å². The molecule has 0 atom stereocenters. The summed E-state index contributed by atoms with van der Waals surface area (Å²) in [7, 11) is 0. The van der Waals surface area contributed by atoms with Crippen molar-refractivity contribution in [3.63, 3.8) is 0 Å². The van der Waals surface area contributed by atoms with E-state index in [2.05, 4.69) is 27.5 Å². The Morgan fingerprint density at radius 3 is 2.03 bits per heavy atom. The van der Waals surface area contributed by atoms with Crippen molar-refractivity contribution in [2.24, 2.45) is 0 Å². The van der Waals surface area contributed by atoms with Gasteiger partial charge in [0.2, 0.25) is 11.1 Å². The smallest absolute Gasteiger partial charge is 0.242 e. The Labute approximate surface area is 180 Å². The van der Waals surface area contributed by atoms with E-state index in [9.17, 15) is 4.79 Å². The molecule has 0 unspecified atom stereocenters. The van der Waals surface area contributed by atoms with Crippen molar-refractivity contribution in [1.29, 1.82) is 0 Å². The minimum atomic E-state index is -0.213. The molecule has 1 N–H and O–H groups in total. The number of rotatable bonds is 8. The second kappa shape index (κ2) is 9.89. The fourth-order valence-corrected chi connectivity index (χ4v) is 3.92. The molecule has 3 aromatic carbocycles. The predicted octanol–water partition coefficient (Wildman–Crippen LogP) is 4.48. The second-order valence-corrected chi connectivity index (χ2v) is 7.76. The molecule has 4 rings (SSSR count). The summed E-state index contributed by atoms with van der Waals surface area (Å²) >= 11 is 1.55. The maximum Gasteiger partial charge on any atom is 0.242 e. The van der Waals surface area contributed by atoms with E-state index in [0.29, 0.717) is 5.16 Å². The van der Waals surface area contributed by atoms with Gasteiger partial charge in [0.1, 0.15) is 12.9 Å². The first-order chi connectivity index (χ1) is 14.8. The molecule has 1 heterocycles. The Balaban J connectivity index is 1.40. The van der Waals surface area contributed by atoms with Crippen molar-refractivity contribution < 1.29 is 4.79 Å². The summed E-state index contributed by atoms with van der Waals surface area (Å²) < 4.78 is 1.58. The Morgan fingerprint density at radius 2 is 1.43 bits per heavy atom. The van der Waals surface area contributed by atoms with Gasteiger partial charge < -0.3 is 5.32 Å². The molecule has 1 amide bonds. The van der Waals surface area contributed by atoms with Crippen molar-refractivity contribution in [2.75, 3.05) is 0 Å². The predicted molar refractivity (Wildman–Crippen MR) is 119 cm³/mol. The van der Waals surface area contributed by atoms with Crippen LogP contribution in [-0.4, -0.2) is 20.7 Å². The van der Waals surface area contributed by atoms with Gasteiger partial charge in [-0.1, -0.05) is 103 Å². The molecular formula is C24H22N4OS. The number of benzene rings is 3. The van der Waals surface area contributed by atoms with Crippen LogP contribution in [0.25, 0.3) is 0 Å². The summed E-state index contributed by atoms with van der Waals surface area (Å²) in [5, 5.41) is 8.22. The lowest BCUT2D eigenvalue weighted by molar-refractivity contribution is -0.122. The Kier molecular flexibility index (Phi) is 6.57. The van der Waals surface area contributed by atoms with E-state index >= 15 is 0 Å². The quantitative estimate of drug-likeness (QED) is 0.432. The number of amides is 1. The van der Waals surface area contributed by atoms with Crippen molar-refractivity contribution in [3.05, 3.63) is 114 Å². The monoisotopic (exact) mass is 414 g/mol. The third-order valence-corrected chi connectivity index (χ3v) is 5.53. The van der Waals surface area contributed by atoms with E-state index in [-0.39, 0.29) is 18.5 Å². The molecule has 0 bridgehead atoms. The summed E-state index contributed by atoms with van der Waals surface area (Å²) in [5.41, 5.74) is 3.29. The summed E-state index contributed by atoms with van der Waals surface area (Å²) in [4.78, 5) is 17.1. The number of thioether (sulfide) groups is 1. The number of carbonyl (C=O) groups is 1. The third kappa shape index (κ3) is 5.36. The molecule has 0 saturated heterocycles. The number of carbonyl (C=O) groups excluding carboxylic acids is 1. The van der Waals surface area contributed by atoms with Gasteiger partial charge in [0.05, 0.1) is 6.04 Å². The van der Waals surface area contributed by atoms with Crippen LogP contribution in [-0.2, 0) is 17.1 Å². The fraction of sp³-hybridized carbons (Fsp3) is 0.125. The van der Waals surface area contributed by atoms with Gasteiger partial charge in [-0.25, -0.2) is 9.67 Å². The van der Waals surface area contributed by atoms with E-state index in [1.54, 1.807) is 22.8 Å². The van der Waals surface area contributed by atoms with Crippen LogP contribution >= 0.6 is 11.8 Å².